The quantitative estimate of drug-likeness (QED) is 0.0199. The van der Waals surface area contributed by atoms with Gasteiger partial charge in [-0.25, -0.2) is 0 Å². The van der Waals surface area contributed by atoms with Crippen molar-refractivity contribution in [2.45, 2.75) is 375 Å². The van der Waals surface area contributed by atoms with Gasteiger partial charge in [0, 0.05) is 6.42 Å². The minimum absolute atomic E-state index is 0.232. The minimum Gasteiger partial charge on any atom is -0.394 e. The number of unbranched alkanes of at least 4 members (excludes halogenated alkanes) is 32. The molecule has 0 saturated carbocycles. The summed E-state index contributed by atoms with van der Waals surface area (Å²) in [6.45, 7) is 1.61. The molecular weight excluding hydrogens is 1210 g/mol. The van der Waals surface area contributed by atoms with E-state index in [1.54, 1.807) is 6.08 Å². The first-order valence-electron chi connectivity index (χ1n) is 37.7. The highest BCUT2D eigenvalue weighted by Crippen LogP contribution is 2.33. The number of allylic oxidation sites excluding steroid dienone is 11. The van der Waals surface area contributed by atoms with Gasteiger partial charge in [-0.2, -0.15) is 0 Å². The normalized spacial score (nSPS) is 27.6. The zero-order chi connectivity index (χ0) is 68.9. The Morgan fingerprint density at radius 3 is 1.16 bits per heavy atom. The van der Waals surface area contributed by atoms with Crippen molar-refractivity contribution in [1.82, 2.24) is 5.32 Å². The SMILES string of the molecule is CCC/C=C/CC/C=C/CC/C=C/C(O)C(COC1OC(CO)C(OC2OC(CO)C(OC3OC(CO)C(O)C(O)C3O)C(O)C2O)C(O)C1O)NC(=O)CCCCCCCCCCCCCCCCCCCCCCCCCC/C=C\C/C=C\C/C=C\CCCCCCC. The van der Waals surface area contributed by atoms with Crippen LogP contribution in [0.4, 0.5) is 0 Å². The largest absolute Gasteiger partial charge is 0.394 e. The summed E-state index contributed by atoms with van der Waals surface area (Å²) in [6, 6.07) is -0.996. The third kappa shape index (κ3) is 38.0. The molecule has 0 aromatic heterocycles. The van der Waals surface area contributed by atoms with E-state index in [4.69, 9.17) is 28.4 Å². The summed E-state index contributed by atoms with van der Waals surface area (Å²) in [5.74, 6) is -0.290. The van der Waals surface area contributed by atoms with Crippen molar-refractivity contribution in [2.24, 2.45) is 0 Å². The third-order valence-electron chi connectivity index (χ3n) is 18.4. The summed E-state index contributed by atoms with van der Waals surface area (Å²) in [5.41, 5.74) is 0. The van der Waals surface area contributed by atoms with Crippen LogP contribution in [0.2, 0.25) is 0 Å². The van der Waals surface area contributed by atoms with Crippen LogP contribution in [-0.4, -0.2) is 193 Å². The van der Waals surface area contributed by atoms with E-state index in [2.05, 4.69) is 79.9 Å². The Hall–Kier alpha value is -2.77. The Kier molecular flexibility index (Phi) is 51.8. The summed E-state index contributed by atoms with van der Waals surface area (Å²) in [5, 5.41) is 120. The van der Waals surface area contributed by atoms with Crippen molar-refractivity contribution in [3.05, 3.63) is 72.9 Å². The van der Waals surface area contributed by atoms with Gasteiger partial charge in [0.2, 0.25) is 5.91 Å². The molecule has 3 rings (SSSR count). The average molecular weight is 1350 g/mol. The smallest absolute Gasteiger partial charge is 0.220 e. The lowest BCUT2D eigenvalue weighted by Crippen LogP contribution is -2.66. The topological polar surface area (TPSA) is 307 Å². The van der Waals surface area contributed by atoms with E-state index in [-0.39, 0.29) is 18.9 Å². The fraction of sp³-hybridized carbons (Fsp3) is 0.829. The summed E-state index contributed by atoms with van der Waals surface area (Å²) in [7, 11) is 0. The van der Waals surface area contributed by atoms with E-state index >= 15 is 0 Å². The molecule has 0 bridgehead atoms. The standard InChI is InChI=1S/C76H135NO18/c1-3-5-7-9-11-13-15-16-17-18-19-20-21-22-23-24-25-26-27-28-29-30-31-32-33-34-35-36-37-38-39-40-41-42-44-46-48-50-52-54-64(82)77-59(60(81)53-51-49-47-45-43-14-12-10-8-6-4-2)58-90-74-70(88)67(85)72(62(56-79)92-74)95-76-71(89)68(86)73(63(57-80)93-76)94-75-69(87)66(84)65(83)61(55-78)91-75/h8,10,15-16,18-19,21-22,43,45,51,53,59-63,65-76,78-81,83-89H,3-7,9,11-14,17,20,23-42,44,46-50,52,54-58H2,1-2H3,(H,77,82)/b10-8+,16-15-,19-18-,22-21-,45-43+,53-51+. The van der Waals surface area contributed by atoms with E-state index in [9.17, 15) is 61.0 Å². The first kappa shape index (κ1) is 86.5. The van der Waals surface area contributed by atoms with E-state index in [0.717, 1.165) is 64.2 Å². The molecule has 3 aliphatic heterocycles. The van der Waals surface area contributed by atoms with E-state index < -0.39 is 124 Å². The summed E-state index contributed by atoms with van der Waals surface area (Å²) >= 11 is 0. The fourth-order valence-corrected chi connectivity index (χ4v) is 12.4. The van der Waals surface area contributed by atoms with Crippen molar-refractivity contribution in [3.8, 4) is 0 Å². The molecule has 19 heteroatoms. The van der Waals surface area contributed by atoms with E-state index in [1.807, 2.05) is 6.08 Å². The molecule has 17 atom stereocenters. The molecule has 0 spiro atoms. The van der Waals surface area contributed by atoms with Gasteiger partial charge in [-0.05, 0) is 77.0 Å². The molecule has 95 heavy (non-hydrogen) atoms. The number of hydrogen-bond donors (Lipinski definition) is 12. The second-order valence-corrected chi connectivity index (χ2v) is 26.7. The molecule has 1 amide bonds. The van der Waals surface area contributed by atoms with Crippen LogP contribution < -0.4 is 5.32 Å². The van der Waals surface area contributed by atoms with Gasteiger partial charge in [-0.3, -0.25) is 4.79 Å². The first-order valence-corrected chi connectivity index (χ1v) is 37.7. The lowest BCUT2D eigenvalue weighted by atomic mass is 9.96. The molecule has 0 aliphatic carbocycles. The van der Waals surface area contributed by atoms with Gasteiger partial charge in [-0.15, -0.1) is 0 Å². The lowest BCUT2D eigenvalue weighted by molar-refractivity contribution is -0.379. The minimum atomic E-state index is -1.98. The Morgan fingerprint density at radius 1 is 0.379 bits per heavy atom. The number of amides is 1. The van der Waals surface area contributed by atoms with Crippen molar-refractivity contribution in [3.63, 3.8) is 0 Å². The predicted molar refractivity (Wildman–Crippen MR) is 374 cm³/mol. The zero-order valence-corrected chi connectivity index (χ0v) is 58.6. The predicted octanol–water partition coefficient (Wildman–Crippen LogP) is 11.3. The molecule has 0 radical (unpaired) electrons. The molecular formula is C76H135NO18. The molecule has 3 aliphatic rings. The van der Waals surface area contributed by atoms with Gasteiger partial charge in [0.25, 0.3) is 0 Å². The Balaban J connectivity index is 1.28. The molecule has 12 N–H and O–H groups in total. The van der Waals surface area contributed by atoms with E-state index in [1.165, 1.54) is 173 Å². The number of ether oxygens (including phenoxy) is 6. The number of carbonyl (C=O) groups excluding carboxylic acids is 1. The highest BCUT2D eigenvalue weighted by molar-refractivity contribution is 5.76. The monoisotopic (exact) mass is 1350 g/mol. The lowest BCUT2D eigenvalue weighted by Gasteiger charge is -2.48. The molecule has 3 fully saturated rings. The highest BCUT2D eigenvalue weighted by Gasteiger charge is 2.53. The van der Waals surface area contributed by atoms with Crippen molar-refractivity contribution < 1.29 is 89.4 Å². The van der Waals surface area contributed by atoms with Crippen LogP contribution >= 0.6 is 0 Å². The Morgan fingerprint density at radius 2 is 0.726 bits per heavy atom. The summed E-state index contributed by atoms with van der Waals surface area (Å²) in [4.78, 5) is 13.4. The third-order valence-corrected chi connectivity index (χ3v) is 18.4. The van der Waals surface area contributed by atoms with Gasteiger partial charge in [0.15, 0.2) is 18.9 Å². The maximum Gasteiger partial charge on any atom is 0.220 e. The molecule has 552 valence electrons. The second-order valence-electron chi connectivity index (χ2n) is 26.7. The highest BCUT2D eigenvalue weighted by atomic mass is 16.8. The second kappa shape index (κ2) is 56.9. The Bertz CT molecular complexity index is 2000. The van der Waals surface area contributed by atoms with Crippen LogP contribution in [0.15, 0.2) is 72.9 Å². The number of aliphatic hydroxyl groups excluding tert-OH is 11. The molecule has 17 unspecified atom stereocenters. The van der Waals surface area contributed by atoms with Crippen LogP contribution in [0.3, 0.4) is 0 Å². The maximum absolute atomic E-state index is 13.4. The van der Waals surface area contributed by atoms with Gasteiger partial charge < -0.3 is 89.9 Å². The fourth-order valence-electron chi connectivity index (χ4n) is 12.4. The molecule has 0 aromatic carbocycles. The number of carbonyl (C=O) groups is 1. The van der Waals surface area contributed by atoms with Crippen LogP contribution in [-0.2, 0) is 33.2 Å². The Labute approximate surface area is 572 Å². The van der Waals surface area contributed by atoms with Crippen molar-refractivity contribution in [1.29, 1.82) is 0 Å². The van der Waals surface area contributed by atoms with Crippen molar-refractivity contribution in [2.75, 3.05) is 26.4 Å². The maximum atomic E-state index is 13.4. The number of hydrogen-bond acceptors (Lipinski definition) is 18. The van der Waals surface area contributed by atoms with Gasteiger partial charge in [0.05, 0.1) is 38.6 Å². The molecule has 0 aromatic rings. The van der Waals surface area contributed by atoms with Crippen molar-refractivity contribution >= 4 is 5.91 Å². The molecule has 19 nitrogen and oxygen atoms in total. The average Bonchev–Trinajstić information content (AvgIpc) is 0.786. The summed E-state index contributed by atoms with van der Waals surface area (Å²) in [6.07, 6.45) is 46.6. The van der Waals surface area contributed by atoms with Gasteiger partial charge in [-0.1, -0.05) is 260 Å². The van der Waals surface area contributed by atoms with Crippen LogP contribution in [0.25, 0.3) is 0 Å². The van der Waals surface area contributed by atoms with E-state index in [0.29, 0.717) is 12.8 Å². The van der Waals surface area contributed by atoms with Crippen LogP contribution in [0, 0.1) is 0 Å². The number of nitrogens with one attached hydrogen (secondary N) is 1. The van der Waals surface area contributed by atoms with Crippen LogP contribution in [0.1, 0.15) is 271 Å². The summed E-state index contributed by atoms with van der Waals surface area (Å²) < 4.78 is 34.3. The molecule has 3 saturated heterocycles. The number of aliphatic hydroxyl groups is 11. The van der Waals surface area contributed by atoms with Gasteiger partial charge in [0.1, 0.15) is 73.2 Å². The first-order chi connectivity index (χ1) is 46.3. The van der Waals surface area contributed by atoms with Gasteiger partial charge >= 0.3 is 0 Å². The van der Waals surface area contributed by atoms with Crippen LogP contribution in [0.5, 0.6) is 0 Å². The zero-order valence-electron chi connectivity index (χ0n) is 58.6. The number of rotatable bonds is 58. The molecule has 3 heterocycles.